The molecule has 0 bridgehead atoms. The quantitative estimate of drug-likeness (QED) is 0.658. The lowest BCUT2D eigenvalue weighted by Gasteiger charge is -2.38. The molecule has 0 radical (unpaired) electrons. The third kappa shape index (κ3) is 4.68. The van der Waals surface area contributed by atoms with Crippen molar-refractivity contribution in [2.45, 2.75) is 57.5 Å². The summed E-state index contributed by atoms with van der Waals surface area (Å²) < 4.78 is 5.93. The molecular weight excluding hydrogens is 280 g/mol. The van der Waals surface area contributed by atoms with Crippen LogP contribution in [0.15, 0.2) is 60.7 Å². The fraction of sp³-hybridized carbons (Fsp3) is 0.455. The van der Waals surface area contributed by atoms with Crippen molar-refractivity contribution in [1.82, 2.24) is 0 Å². The molecule has 3 rings (SSSR count). The molecule has 0 N–H and O–H groups in total. The Balaban J connectivity index is 0.000000595. The normalized spacial score (nSPS) is 23.7. The summed E-state index contributed by atoms with van der Waals surface area (Å²) in [6.45, 7) is 4.25. The monoisotopic (exact) mass is 310 g/mol. The van der Waals surface area contributed by atoms with E-state index in [4.69, 9.17) is 4.74 Å². The molecule has 2 atom stereocenters. The minimum absolute atomic E-state index is 0.286. The Hall–Kier alpha value is -1.60. The smallest absolute Gasteiger partial charge is 0.0708 e. The maximum atomic E-state index is 5.93. The molecule has 23 heavy (non-hydrogen) atoms. The van der Waals surface area contributed by atoms with Crippen molar-refractivity contribution in [3.63, 3.8) is 0 Å². The molecule has 0 spiro atoms. The van der Waals surface area contributed by atoms with Crippen molar-refractivity contribution in [3.8, 4) is 0 Å². The molecule has 1 nitrogen and oxygen atoms in total. The van der Waals surface area contributed by atoms with Gasteiger partial charge in [-0.2, -0.15) is 0 Å². The van der Waals surface area contributed by atoms with E-state index < -0.39 is 0 Å². The van der Waals surface area contributed by atoms with Gasteiger partial charge < -0.3 is 4.74 Å². The van der Waals surface area contributed by atoms with Crippen LogP contribution in [0.25, 0.3) is 0 Å². The number of rotatable bonds is 3. The highest BCUT2D eigenvalue weighted by Crippen LogP contribution is 2.42. The van der Waals surface area contributed by atoms with Crippen LogP contribution in [0.5, 0.6) is 0 Å². The van der Waals surface area contributed by atoms with Gasteiger partial charge in [-0.1, -0.05) is 87.4 Å². The maximum absolute atomic E-state index is 5.93. The largest absolute Gasteiger partial charge is 0.380 e. The Kier molecular flexibility index (Phi) is 7.35. The van der Waals surface area contributed by atoms with Gasteiger partial charge in [0.2, 0.25) is 0 Å². The Labute approximate surface area is 141 Å². The van der Waals surface area contributed by atoms with Crippen LogP contribution >= 0.6 is 0 Å². The topological polar surface area (TPSA) is 9.23 Å². The molecule has 2 unspecified atom stereocenters. The first-order valence-electron chi connectivity index (χ1n) is 8.94. The zero-order valence-corrected chi connectivity index (χ0v) is 14.7. The summed E-state index contributed by atoms with van der Waals surface area (Å²) in [6.07, 6.45) is 5.27. The van der Waals surface area contributed by atoms with Crippen LogP contribution in [-0.4, -0.2) is 13.2 Å². The fourth-order valence-electron chi connectivity index (χ4n) is 3.61. The lowest BCUT2D eigenvalue weighted by atomic mass is 9.73. The second-order valence-corrected chi connectivity index (χ2v) is 6.37. The van der Waals surface area contributed by atoms with Crippen LogP contribution in [0.1, 0.15) is 62.5 Å². The molecule has 0 saturated heterocycles. The summed E-state index contributed by atoms with van der Waals surface area (Å²) in [5, 5.41) is 0. The van der Waals surface area contributed by atoms with Crippen molar-refractivity contribution in [2.75, 3.05) is 7.11 Å². The van der Waals surface area contributed by atoms with E-state index >= 15 is 0 Å². The van der Waals surface area contributed by atoms with E-state index in [0.717, 1.165) is 0 Å². The minimum Gasteiger partial charge on any atom is -0.380 e. The van der Waals surface area contributed by atoms with Gasteiger partial charge in [-0.05, 0) is 24.0 Å². The lowest BCUT2D eigenvalue weighted by molar-refractivity contribution is 0.0341. The van der Waals surface area contributed by atoms with Gasteiger partial charge in [-0.3, -0.25) is 0 Å². The highest BCUT2D eigenvalue weighted by atomic mass is 16.5. The molecule has 1 saturated carbocycles. The summed E-state index contributed by atoms with van der Waals surface area (Å²) in [5.41, 5.74) is 2.83. The van der Waals surface area contributed by atoms with E-state index in [1.807, 2.05) is 7.11 Å². The van der Waals surface area contributed by atoms with Gasteiger partial charge in [0, 0.05) is 18.9 Å². The molecule has 1 aliphatic carbocycles. The van der Waals surface area contributed by atoms with Crippen LogP contribution in [0, 0.1) is 0 Å². The first-order valence-corrected chi connectivity index (χ1v) is 8.94. The zero-order valence-electron chi connectivity index (χ0n) is 14.7. The summed E-state index contributed by atoms with van der Waals surface area (Å²) in [6, 6.07) is 21.7. The van der Waals surface area contributed by atoms with E-state index in [0.29, 0.717) is 11.8 Å². The van der Waals surface area contributed by atoms with E-state index in [9.17, 15) is 0 Å². The van der Waals surface area contributed by atoms with E-state index in [1.54, 1.807) is 0 Å². The van der Waals surface area contributed by atoms with Crippen molar-refractivity contribution in [2.24, 2.45) is 0 Å². The highest BCUT2D eigenvalue weighted by molar-refractivity contribution is 5.27. The summed E-state index contributed by atoms with van der Waals surface area (Å²) in [4.78, 5) is 0. The van der Waals surface area contributed by atoms with Crippen LogP contribution in [0.2, 0.25) is 0 Å². The number of ether oxygens (including phenoxy) is 1. The first kappa shape index (κ1) is 17.7. The van der Waals surface area contributed by atoms with Crippen LogP contribution in [0.3, 0.4) is 0 Å². The SMILES string of the molecule is CCC.COC1C(c2ccccc2)CCCC1c1ccccc1. The van der Waals surface area contributed by atoms with Gasteiger partial charge in [-0.25, -0.2) is 0 Å². The van der Waals surface area contributed by atoms with Crippen molar-refractivity contribution in [1.29, 1.82) is 0 Å². The average molecular weight is 310 g/mol. The Morgan fingerprint density at radius 1 is 0.783 bits per heavy atom. The van der Waals surface area contributed by atoms with Gasteiger partial charge >= 0.3 is 0 Å². The van der Waals surface area contributed by atoms with E-state index in [2.05, 4.69) is 74.5 Å². The molecule has 2 aromatic rings. The third-order valence-electron chi connectivity index (χ3n) is 4.55. The molecule has 1 aliphatic rings. The van der Waals surface area contributed by atoms with Gasteiger partial charge in [0.25, 0.3) is 0 Å². The molecule has 124 valence electrons. The number of hydrogen-bond donors (Lipinski definition) is 0. The maximum Gasteiger partial charge on any atom is 0.0708 e. The summed E-state index contributed by atoms with van der Waals surface area (Å²) >= 11 is 0. The van der Waals surface area contributed by atoms with Crippen LogP contribution in [0.4, 0.5) is 0 Å². The predicted molar refractivity (Wildman–Crippen MR) is 99.0 cm³/mol. The van der Waals surface area contributed by atoms with Crippen molar-refractivity contribution < 1.29 is 4.74 Å². The molecule has 0 heterocycles. The number of benzene rings is 2. The van der Waals surface area contributed by atoms with Crippen LogP contribution in [-0.2, 0) is 4.74 Å². The summed E-state index contributed by atoms with van der Waals surface area (Å²) in [5.74, 6) is 1.03. The number of methoxy groups -OCH3 is 1. The Morgan fingerprint density at radius 3 is 1.52 bits per heavy atom. The summed E-state index contributed by atoms with van der Waals surface area (Å²) in [7, 11) is 1.86. The second-order valence-electron chi connectivity index (χ2n) is 6.37. The van der Waals surface area contributed by atoms with E-state index in [-0.39, 0.29) is 6.10 Å². The fourth-order valence-corrected chi connectivity index (χ4v) is 3.61. The van der Waals surface area contributed by atoms with Gasteiger partial charge in [0.15, 0.2) is 0 Å². The molecule has 1 heteroatoms. The molecule has 0 aromatic heterocycles. The van der Waals surface area contributed by atoms with Crippen molar-refractivity contribution in [3.05, 3.63) is 71.8 Å². The number of hydrogen-bond acceptors (Lipinski definition) is 1. The zero-order chi connectivity index (χ0) is 16.5. The second kappa shape index (κ2) is 9.52. The predicted octanol–water partition coefficient (Wildman–Crippen LogP) is 6.17. The first-order chi connectivity index (χ1) is 11.3. The van der Waals surface area contributed by atoms with Crippen molar-refractivity contribution >= 4 is 0 Å². The molecule has 0 aliphatic heterocycles. The third-order valence-corrected chi connectivity index (χ3v) is 4.55. The Morgan fingerprint density at radius 2 is 1.17 bits per heavy atom. The Bertz CT molecular complexity index is 487. The van der Waals surface area contributed by atoms with Gasteiger partial charge in [0.05, 0.1) is 6.10 Å². The molecule has 0 amide bonds. The standard InChI is InChI=1S/C19H22O.C3H8/c1-20-19-17(15-9-4-2-5-10-15)13-8-14-18(19)16-11-6-3-7-12-16;1-3-2/h2-7,9-12,17-19H,8,13-14H2,1H3;3H2,1-2H3. The molecule has 1 fully saturated rings. The highest BCUT2D eigenvalue weighted by Gasteiger charge is 2.34. The lowest BCUT2D eigenvalue weighted by Crippen LogP contribution is -2.32. The van der Waals surface area contributed by atoms with E-state index in [1.165, 1.54) is 36.8 Å². The molecular formula is C22H30O. The minimum atomic E-state index is 0.286. The van der Waals surface area contributed by atoms with Gasteiger partial charge in [0.1, 0.15) is 0 Å². The van der Waals surface area contributed by atoms with Crippen LogP contribution < -0.4 is 0 Å². The van der Waals surface area contributed by atoms with Gasteiger partial charge in [-0.15, -0.1) is 0 Å². The average Bonchev–Trinajstić information content (AvgIpc) is 2.63. The molecule has 2 aromatic carbocycles.